The first-order valence-corrected chi connectivity index (χ1v) is 20.9. The molecule has 2 aromatic rings. The van der Waals surface area contributed by atoms with E-state index in [4.69, 9.17) is 4.74 Å². The molecule has 1 aromatic carbocycles. The summed E-state index contributed by atoms with van der Waals surface area (Å²) in [5, 5.41) is 18.2. The Morgan fingerprint density at radius 1 is 1.07 bits per heavy atom. The maximum atomic E-state index is 15.0. The van der Waals surface area contributed by atoms with E-state index in [1.54, 1.807) is 45.0 Å². The number of aromatic nitrogens is 2. The molecule has 2 aliphatic heterocycles. The third-order valence-corrected chi connectivity index (χ3v) is 13.2. The summed E-state index contributed by atoms with van der Waals surface area (Å²) in [5.74, 6) is -2.80. The zero-order valence-electron chi connectivity index (χ0n) is 32.7. The van der Waals surface area contributed by atoms with E-state index >= 15 is 4.79 Å². The molecule has 4 aliphatic rings. The van der Waals surface area contributed by atoms with Crippen LogP contribution in [0.1, 0.15) is 99.5 Å². The first-order chi connectivity index (χ1) is 25.7. The Morgan fingerprint density at radius 2 is 1.75 bits per heavy atom. The number of hydrogen-bond donors (Lipinski definition) is 3. The minimum Gasteiger partial charge on any atom is -0.471 e. The molecule has 0 unspecified atom stereocenters. The van der Waals surface area contributed by atoms with Crippen molar-refractivity contribution in [2.24, 2.45) is 17.8 Å². The molecule has 1 saturated heterocycles. The molecule has 16 heteroatoms. The van der Waals surface area contributed by atoms with E-state index < -0.39 is 80.2 Å². The molecule has 4 amide bonds. The van der Waals surface area contributed by atoms with Crippen LogP contribution in [0.4, 0.5) is 4.79 Å². The number of amides is 4. The van der Waals surface area contributed by atoms with Crippen molar-refractivity contribution in [2.45, 2.75) is 134 Å². The molecule has 55 heavy (non-hydrogen) atoms. The molecule has 3 heterocycles. The number of allylic oxidation sites excluding steroid dienone is 1. The largest absolute Gasteiger partial charge is 0.471 e. The van der Waals surface area contributed by atoms with Gasteiger partial charge >= 0.3 is 6.09 Å². The Hall–Kier alpha value is -4.47. The number of carboxylic acid groups (broad SMARTS) is 1. The van der Waals surface area contributed by atoms with Gasteiger partial charge in [0.05, 0.1) is 28.6 Å². The molecule has 1 aromatic heterocycles. The quantitative estimate of drug-likeness (QED) is 0.346. The second-order valence-corrected chi connectivity index (χ2v) is 19.2. The number of sulfonamides is 1. The first-order valence-electron chi connectivity index (χ1n) is 19.3. The lowest BCUT2D eigenvalue weighted by Gasteiger charge is -2.43. The fraction of sp³-hybridized carbons (Fsp3) is 0.641. The Balaban J connectivity index is 1.42. The number of nitrogens with zero attached hydrogens (tertiary/aromatic N) is 4. The number of carbonyl (C=O) groups is 4. The number of hydrogen-bond acceptors (Lipinski definition) is 9. The van der Waals surface area contributed by atoms with Crippen LogP contribution in [-0.2, 0) is 24.4 Å². The van der Waals surface area contributed by atoms with Crippen LogP contribution in [0.15, 0.2) is 41.2 Å². The normalized spacial score (nSPS) is 29.7. The van der Waals surface area contributed by atoms with Crippen LogP contribution < -0.4 is 20.3 Å². The zero-order chi connectivity index (χ0) is 40.2. The van der Waals surface area contributed by atoms with Crippen molar-refractivity contribution in [2.75, 3.05) is 6.54 Å². The van der Waals surface area contributed by atoms with Gasteiger partial charge in [-0.3, -0.25) is 28.8 Å². The molecule has 6 rings (SSSR count). The van der Waals surface area contributed by atoms with Crippen LogP contribution in [0, 0.1) is 17.8 Å². The van der Waals surface area contributed by atoms with E-state index in [9.17, 15) is 32.7 Å². The first kappa shape index (κ1) is 40.2. The van der Waals surface area contributed by atoms with Crippen molar-refractivity contribution in [3.8, 4) is 5.88 Å². The molecule has 15 nitrogen and oxygen atoms in total. The lowest BCUT2D eigenvalue weighted by Crippen LogP contribution is -2.62. The number of benzene rings is 1. The summed E-state index contributed by atoms with van der Waals surface area (Å²) in [6.07, 6.45) is 4.57. The van der Waals surface area contributed by atoms with Gasteiger partial charge in [-0.25, -0.2) is 17.9 Å². The average Bonchev–Trinajstić information content (AvgIpc) is 4.02. The van der Waals surface area contributed by atoms with Crippen molar-refractivity contribution < 1.29 is 37.4 Å². The minimum absolute atomic E-state index is 0.0486. The van der Waals surface area contributed by atoms with Crippen LogP contribution in [0.25, 0.3) is 10.8 Å². The van der Waals surface area contributed by atoms with Gasteiger partial charge in [0.1, 0.15) is 23.7 Å². The standard InChI is InChI=1S/C39H54N6O9S/c1-22(2)45-34(47)29-15-11-10-14-28(29)33(41-45)54-26-19-30-32(46)40-39(36(49)42-55(52,53)27-16-17-27)20-25(39)13-9-8-12-23(3)18-24(4)31(35(48)43(30)21-26)44(37(50)51)38(5,6)7/h9-11,13-15,22-27,30-31H,8,12,16-21H2,1-7H3,(H,40,46)(H,42,49)(H,50,51)/b13-9-/t23-,24-,25-,26-,30+,31+,39-/m1/s1. The fourth-order valence-corrected chi connectivity index (χ4v) is 9.60. The highest BCUT2D eigenvalue weighted by atomic mass is 32.2. The molecular weight excluding hydrogens is 729 g/mol. The number of ether oxygens (including phenoxy) is 1. The van der Waals surface area contributed by atoms with Crippen LogP contribution >= 0.6 is 0 Å². The highest BCUT2D eigenvalue weighted by Crippen LogP contribution is 2.46. The summed E-state index contributed by atoms with van der Waals surface area (Å²) in [7, 11) is -3.94. The predicted molar refractivity (Wildman–Crippen MR) is 205 cm³/mol. The maximum Gasteiger partial charge on any atom is 0.408 e. The van der Waals surface area contributed by atoms with Crippen LogP contribution in [-0.4, -0.2) is 98.0 Å². The molecule has 0 bridgehead atoms. The Labute approximate surface area is 321 Å². The van der Waals surface area contributed by atoms with Crippen molar-refractivity contribution in [1.82, 2.24) is 29.6 Å². The lowest BCUT2D eigenvalue weighted by atomic mass is 9.85. The molecule has 0 spiro atoms. The van der Waals surface area contributed by atoms with Crippen molar-refractivity contribution >= 4 is 44.6 Å². The minimum atomic E-state index is -3.94. The highest BCUT2D eigenvalue weighted by molar-refractivity contribution is 7.91. The van der Waals surface area contributed by atoms with Crippen LogP contribution in [0.3, 0.4) is 0 Å². The third-order valence-electron chi connectivity index (χ3n) is 11.3. The summed E-state index contributed by atoms with van der Waals surface area (Å²) in [5.41, 5.74) is -2.86. The predicted octanol–water partition coefficient (Wildman–Crippen LogP) is 3.97. The smallest absolute Gasteiger partial charge is 0.408 e. The van der Waals surface area contributed by atoms with Crippen molar-refractivity contribution in [1.29, 1.82) is 0 Å². The summed E-state index contributed by atoms with van der Waals surface area (Å²) < 4.78 is 35.8. The molecular formula is C39H54N6O9S. The second-order valence-electron chi connectivity index (χ2n) is 17.2. The lowest BCUT2D eigenvalue weighted by molar-refractivity contribution is -0.146. The number of fused-ring (bicyclic) bond motifs is 3. The Morgan fingerprint density at radius 3 is 2.36 bits per heavy atom. The summed E-state index contributed by atoms with van der Waals surface area (Å²) in [6.45, 7) is 12.6. The van der Waals surface area contributed by atoms with Crippen molar-refractivity contribution in [3.05, 3.63) is 46.8 Å². The van der Waals surface area contributed by atoms with E-state index in [1.807, 2.05) is 39.8 Å². The Kier molecular flexibility index (Phi) is 10.9. The van der Waals surface area contributed by atoms with Gasteiger partial charge < -0.3 is 20.1 Å². The molecule has 2 saturated carbocycles. The summed E-state index contributed by atoms with van der Waals surface area (Å²) in [6, 6.07) is 4.17. The number of rotatable bonds is 7. The van der Waals surface area contributed by atoms with Gasteiger partial charge in [-0.2, -0.15) is 0 Å². The number of nitrogens with one attached hydrogen (secondary N) is 2. The molecule has 7 atom stereocenters. The summed E-state index contributed by atoms with van der Waals surface area (Å²) in [4.78, 5) is 72.2. The van der Waals surface area contributed by atoms with Gasteiger partial charge in [0.25, 0.3) is 11.5 Å². The van der Waals surface area contributed by atoms with Gasteiger partial charge in [0.2, 0.25) is 27.7 Å². The number of carbonyl (C=O) groups excluding carboxylic acids is 3. The average molecular weight is 783 g/mol. The van der Waals surface area contributed by atoms with E-state index in [0.717, 1.165) is 11.3 Å². The third kappa shape index (κ3) is 8.10. The fourth-order valence-electron chi connectivity index (χ4n) is 8.24. The van der Waals surface area contributed by atoms with E-state index in [1.165, 1.54) is 9.58 Å². The summed E-state index contributed by atoms with van der Waals surface area (Å²) >= 11 is 0. The van der Waals surface area contributed by atoms with E-state index in [2.05, 4.69) is 15.1 Å². The van der Waals surface area contributed by atoms with Crippen molar-refractivity contribution in [3.63, 3.8) is 0 Å². The second kappa shape index (κ2) is 14.9. The van der Waals surface area contributed by atoms with Gasteiger partial charge in [0, 0.05) is 17.9 Å². The maximum absolute atomic E-state index is 15.0. The van der Waals surface area contributed by atoms with Crippen LogP contribution in [0.2, 0.25) is 0 Å². The molecule has 300 valence electrons. The SMILES string of the molecule is CC(C)n1nc(O[C@@H]2C[C@H]3C(=O)N[C@]4(C(=O)NS(=O)(=O)C5CC5)C[C@H]4/C=C\CC[C@@H](C)C[C@@H](C)[C@H](N(C(=O)O)C(C)(C)C)C(=O)N3C2)c2ccccc2c1=O. The van der Waals surface area contributed by atoms with Gasteiger partial charge in [-0.15, -0.1) is 5.10 Å². The molecule has 3 N–H and O–H groups in total. The molecule has 3 fully saturated rings. The topological polar surface area (TPSA) is 197 Å². The monoisotopic (exact) mass is 782 g/mol. The highest BCUT2D eigenvalue weighted by Gasteiger charge is 2.62. The van der Waals surface area contributed by atoms with E-state index in [0.29, 0.717) is 36.5 Å². The molecule has 0 radical (unpaired) electrons. The van der Waals surface area contributed by atoms with Gasteiger partial charge in [-0.1, -0.05) is 38.1 Å². The van der Waals surface area contributed by atoms with Gasteiger partial charge in [-0.05, 0) is 97.1 Å². The molecule has 2 aliphatic carbocycles. The van der Waals surface area contributed by atoms with Gasteiger partial charge in [0.15, 0.2) is 0 Å². The van der Waals surface area contributed by atoms with Crippen LogP contribution in [0.5, 0.6) is 5.88 Å². The Bertz CT molecular complexity index is 2060. The zero-order valence-corrected chi connectivity index (χ0v) is 33.5. The van der Waals surface area contributed by atoms with E-state index in [-0.39, 0.29) is 42.8 Å².